The van der Waals surface area contributed by atoms with Crippen molar-refractivity contribution in [2.75, 3.05) is 6.54 Å². The van der Waals surface area contributed by atoms with Gasteiger partial charge in [-0.1, -0.05) is 12.1 Å². The van der Waals surface area contributed by atoms with Gasteiger partial charge < -0.3 is 15.3 Å². The number of hydrogen-bond donors (Lipinski definition) is 2. The van der Waals surface area contributed by atoms with Crippen molar-refractivity contribution >= 4 is 11.8 Å². The Bertz CT molecular complexity index is 1250. The fourth-order valence-corrected chi connectivity index (χ4v) is 3.89. The highest BCUT2D eigenvalue weighted by atomic mass is 19.1. The van der Waals surface area contributed by atoms with E-state index in [1.54, 1.807) is 23.2 Å². The maximum absolute atomic E-state index is 13.4. The Morgan fingerprint density at radius 2 is 1.91 bits per heavy atom. The molecule has 0 atom stereocenters. The second kappa shape index (κ2) is 8.66. The Labute approximate surface area is 183 Å². The molecule has 0 radical (unpaired) electrons. The molecule has 0 saturated carbocycles. The summed E-state index contributed by atoms with van der Waals surface area (Å²) in [6.45, 7) is 2.30. The van der Waals surface area contributed by atoms with Crippen molar-refractivity contribution < 1.29 is 19.1 Å². The van der Waals surface area contributed by atoms with Gasteiger partial charge in [0.15, 0.2) is 0 Å². The second-order valence-electron chi connectivity index (χ2n) is 7.70. The number of carbonyl (C=O) groups is 2. The third-order valence-electron chi connectivity index (χ3n) is 5.54. The molecule has 1 aromatic heterocycles. The molecule has 2 N–H and O–H groups in total. The number of benzene rings is 2. The number of nitrogens with zero attached hydrogens (tertiary/aromatic N) is 2. The molecule has 0 unspecified atom stereocenters. The molecule has 1 aliphatic rings. The molecule has 0 saturated heterocycles. The lowest BCUT2D eigenvalue weighted by molar-refractivity contribution is -0.129. The van der Waals surface area contributed by atoms with Crippen LogP contribution in [0.2, 0.25) is 0 Å². The summed E-state index contributed by atoms with van der Waals surface area (Å²) in [5.41, 5.74) is 1.90. The molecule has 164 valence electrons. The highest BCUT2D eigenvalue weighted by Gasteiger charge is 2.27. The van der Waals surface area contributed by atoms with E-state index < -0.39 is 17.3 Å². The Balaban J connectivity index is 1.76. The van der Waals surface area contributed by atoms with Crippen LogP contribution in [-0.2, 0) is 24.3 Å². The second-order valence-corrected chi connectivity index (χ2v) is 7.70. The van der Waals surface area contributed by atoms with Crippen LogP contribution in [0.25, 0.3) is 5.69 Å². The minimum atomic E-state index is -0.540. The van der Waals surface area contributed by atoms with Crippen LogP contribution < -0.4 is 10.9 Å². The quantitative estimate of drug-likeness (QED) is 0.659. The normalized spacial score (nSPS) is 12.9. The number of carbonyl (C=O) groups excluding carboxylic acids is 2. The topological polar surface area (TPSA) is 91.6 Å². The van der Waals surface area contributed by atoms with Gasteiger partial charge in [-0.05, 0) is 59.5 Å². The largest absolute Gasteiger partial charge is 0.508 e. The van der Waals surface area contributed by atoms with Crippen molar-refractivity contribution in [3.63, 3.8) is 0 Å². The fraction of sp³-hybridized carbons (Fsp3) is 0.208. The predicted octanol–water partition coefficient (Wildman–Crippen LogP) is 2.52. The van der Waals surface area contributed by atoms with Crippen molar-refractivity contribution in [1.29, 1.82) is 0 Å². The molecule has 0 aliphatic carbocycles. The Hall–Kier alpha value is -3.94. The third kappa shape index (κ3) is 4.25. The van der Waals surface area contributed by atoms with Crippen molar-refractivity contribution in [1.82, 2.24) is 14.8 Å². The smallest absolute Gasteiger partial charge is 0.268 e. The van der Waals surface area contributed by atoms with Gasteiger partial charge in [0.05, 0.1) is 0 Å². The molecule has 32 heavy (non-hydrogen) atoms. The number of amides is 2. The molecule has 0 bridgehead atoms. The number of fused-ring (bicyclic) bond motifs is 1. The fourth-order valence-electron chi connectivity index (χ4n) is 3.89. The Kier molecular flexibility index (Phi) is 5.77. The van der Waals surface area contributed by atoms with Gasteiger partial charge in [-0.15, -0.1) is 0 Å². The summed E-state index contributed by atoms with van der Waals surface area (Å²) in [7, 11) is 0. The van der Waals surface area contributed by atoms with Crippen LogP contribution in [0.5, 0.6) is 5.75 Å². The molecule has 8 heteroatoms. The molecule has 2 heterocycles. The molecule has 4 rings (SSSR count). The van der Waals surface area contributed by atoms with Crippen LogP contribution >= 0.6 is 0 Å². The van der Waals surface area contributed by atoms with Crippen molar-refractivity contribution in [2.45, 2.75) is 26.4 Å². The molecule has 2 amide bonds. The lowest BCUT2D eigenvalue weighted by Gasteiger charge is -2.29. The lowest BCUT2D eigenvalue weighted by Crippen LogP contribution is -2.40. The van der Waals surface area contributed by atoms with Crippen molar-refractivity contribution in [3.8, 4) is 11.4 Å². The molecule has 2 aromatic carbocycles. The number of pyridine rings is 1. The van der Waals surface area contributed by atoms with E-state index in [-0.39, 0.29) is 30.3 Å². The number of aromatic nitrogens is 1. The molecule has 0 spiro atoms. The number of rotatable bonds is 4. The van der Waals surface area contributed by atoms with Crippen LogP contribution in [0.4, 0.5) is 4.39 Å². The van der Waals surface area contributed by atoms with Crippen LogP contribution in [0.1, 0.15) is 34.0 Å². The monoisotopic (exact) mass is 435 g/mol. The summed E-state index contributed by atoms with van der Waals surface area (Å²) in [5.74, 6) is -0.990. The third-order valence-corrected chi connectivity index (χ3v) is 5.54. The number of phenols is 1. The number of halogens is 1. The standard InChI is InChI=1S/C24H22FN3O4/c1-15(29)27-10-9-21-17(13-27)14-28(19-7-5-18(25)6-8-19)24(32)22(21)23(31)26-12-16-3-2-4-20(30)11-16/h2-8,11,14,30H,9-10,12-13H2,1H3,(H,26,31). The highest BCUT2D eigenvalue weighted by Crippen LogP contribution is 2.22. The van der Waals surface area contributed by atoms with Gasteiger partial charge in [-0.2, -0.15) is 0 Å². The first-order valence-corrected chi connectivity index (χ1v) is 10.2. The van der Waals surface area contributed by atoms with Gasteiger partial charge in [-0.25, -0.2) is 4.39 Å². The molecular formula is C24H22FN3O4. The molecule has 7 nitrogen and oxygen atoms in total. The van der Waals surface area contributed by atoms with Gasteiger partial charge in [0, 0.05) is 38.4 Å². The van der Waals surface area contributed by atoms with Crippen molar-refractivity contribution in [3.05, 3.63) is 93.2 Å². The van der Waals surface area contributed by atoms with E-state index in [9.17, 15) is 23.9 Å². The number of aromatic hydroxyl groups is 1. The zero-order chi connectivity index (χ0) is 22.8. The van der Waals surface area contributed by atoms with E-state index in [4.69, 9.17) is 0 Å². The van der Waals surface area contributed by atoms with Crippen LogP contribution in [-0.4, -0.2) is 32.9 Å². The summed E-state index contributed by atoms with van der Waals surface area (Å²) in [5, 5.41) is 12.4. The minimum absolute atomic E-state index is 0.00943. The van der Waals surface area contributed by atoms with E-state index in [1.807, 2.05) is 0 Å². The zero-order valence-electron chi connectivity index (χ0n) is 17.5. The average molecular weight is 435 g/mol. The lowest BCUT2D eigenvalue weighted by atomic mass is 9.95. The van der Waals surface area contributed by atoms with E-state index in [2.05, 4.69) is 5.32 Å². The summed E-state index contributed by atoms with van der Waals surface area (Å²) >= 11 is 0. The number of nitrogens with one attached hydrogen (secondary N) is 1. The van der Waals surface area contributed by atoms with Crippen molar-refractivity contribution in [2.24, 2.45) is 0 Å². The van der Waals surface area contributed by atoms with Gasteiger partial charge in [0.25, 0.3) is 11.5 Å². The highest BCUT2D eigenvalue weighted by molar-refractivity contribution is 5.96. The number of phenolic OH excluding ortho intramolecular Hbond substituents is 1. The summed E-state index contributed by atoms with van der Waals surface area (Å²) in [4.78, 5) is 40.0. The summed E-state index contributed by atoms with van der Waals surface area (Å²) in [6, 6.07) is 11.9. The SMILES string of the molecule is CC(=O)N1CCc2c(cn(-c3ccc(F)cc3)c(=O)c2C(=O)NCc2cccc(O)c2)C1. The average Bonchev–Trinajstić information content (AvgIpc) is 2.77. The molecule has 0 fully saturated rings. The molecular weight excluding hydrogens is 413 g/mol. The maximum atomic E-state index is 13.4. The number of hydrogen-bond acceptors (Lipinski definition) is 4. The maximum Gasteiger partial charge on any atom is 0.268 e. The first kappa shape index (κ1) is 21.3. The summed E-state index contributed by atoms with van der Waals surface area (Å²) < 4.78 is 14.7. The minimum Gasteiger partial charge on any atom is -0.508 e. The van der Waals surface area contributed by atoms with Crippen LogP contribution in [0.3, 0.4) is 0 Å². The predicted molar refractivity (Wildman–Crippen MR) is 116 cm³/mol. The van der Waals surface area contributed by atoms with Gasteiger partial charge in [-0.3, -0.25) is 19.0 Å². The summed E-state index contributed by atoms with van der Waals surface area (Å²) in [6.07, 6.45) is 2.00. The Morgan fingerprint density at radius 3 is 2.59 bits per heavy atom. The molecule has 3 aromatic rings. The van der Waals surface area contributed by atoms with Gasteiger partial charge in [0.1, 0.15) is 17.1 Å². The van der Waals surface area contributed by atoms with E-state index >= 15 is 0 Å². The zero-order valence-corrected chi connectivity index (χ0v) is 17.5. The first-order chi connectivity index (χ1) is 15.3. The molecule has 1 aliphatic heterocycles. The van der Waals surface area contributed by atoms with E-state index in [0.29, 0.717) is 35.3 Å². The van der Waals surface area contributed by atoms with Gasteiger partial charge >= 0.3 is 0 Å². The Morgan fingerprint density at radius 1 is 1.16 bits per heavy atom. The van der Waals surface area contributed by atoms with Crippen LogP contribution in [0.15, 0.2) is 59.5 Å². The van der Waals surface area contributed by atoms with Gasteiger partial charge in [0.2, 0.25) is 5.91 Å². The van der Waals surface area contributed by atoms with Crippen LogP contribution in [0, 0.1) is 5.82 Å². The van der Waals surface area contributed by atoms with E-state index in [1.165, 1.54) is 47.9 Å². The van der Waals surface area contributed by atoms with E-state index in [0.717, 1.165) is 0 Å². The first-order valence-electron chi connectivity index (χ1n) is 10.2.